The minimum absolute atomic E-state index is 0.00469. The highest BCUT2D eigenvalue weighted by Gasteiger charge is 2.25. The summed E-state index contributed by atoms with van der Waals surface area (Å²) < 4.78 is 2.00. The third-order valence-electron chi connectivity index (χ3n) is 4.80. The first-order valence-electron chi connectivity index (χ1n) is 8.94. The lowest BCUT2D eigenvalue weighted by Gasteiger charge is -2.34. The van der Waals surface area contributed by atoms with E-state index in [0.29, 0.717) is 37.3 Å². The van der Waals surface area contributed by atoms with Crippen molar-refractivity contribution in [3.63, 3.8) is 0 Å². The molecule has 0 N–H and O–H groups in total. The molecule has 1 aromatic carbocycles. The maximum Gasteiger partial charge on any atom is 0.254 e. The third-order valence-corrected chi connectivity index (χ3v) is 4.80. The first-order chi connectivity index (χ1) is 13.2. The molecule has 1 aliphatic heterocycles. The zero-order valence-electron chi connectivity index (χ0n) is 14.9. The van der Waals surface area contributed by atoms with Gasteiger partial charge < -0.3 is 14.4 Å². The number of amides is 2. The number of rotatable bonds is 3. The molecule has 136 valence electrons. The fraction of sp³-hybridized carbons (Fsp3) is 0.190. The molecule has 4 rings (SSSR count). The Labute approximate surface area is 157 Å². The summed E-state index contributed by atoms with van der Waals surface area (Å²) in [5, 5.41) is 0. The predicted molar refractivity (Wildman–Crippen MR) is 102 cm³/mol. The van der Waals surface area contributed by atoms with Crippen molar-refractivity contribution >= 4 is 11.8 Å². The second-order valence-electron chi connectivity index (χ2n) is 6.46. The lowest BCUT2D eigenvalue weighted by molar-refractivity contribution is 0.0535. The first-order valence-corrected chi connectivity index (χ1v) is 8.94. The number of hydrogen-bond acceptors (Lipinski definition) is 3. The van der Waals surface area contributed by atoms with Crippen molar-refractivity contribution in [3.05, 3.63) is 84.4 Å². The van der Waals surface area contributed by atoms with E-state index in [1.807, 2.05) is 53.4 Å². The van der Waals surface area contributed by atoms with Gasteiger partial charge in [-0.25, -0.2) is 0 Å². The van der Waals surface area contributed by atoms with Crippen LogP contribution in [0.5, 0.6) is 0 Å². The third kappa shape index (κ3) is 3.60. The molecular formula is C21H20N4O2. The molecule has 2 aromatic heterocycles. The van der Waals surface area contributed by atoms with E-state index in [0.717, 1.165) is 5.69 Å². The van der Waals surface area contributed by atoms with Crippen LogP contribution in [0.3, 0.4) is 0 Å². The van der Waals surface area contributed by atoms with Gasteiger partial charge in [-0.15, -0.1) is 0 Å². The number of pyridine rings is 1. The highest BCUT2D eigenvalue weighted by atomic mass is 16.2. The first kappa shape index (κ1) is 17.0. The molecule has 0 saturated carbocycles. The second kappa shape index (κ2) is 7.45. The molecule has 27 heavy (non-hydrogen) atoms. The van der Waals surface area contributed by atoms with Gasteiger partial charge in [-0.1, -0.05) is 0 Å². The number of hydrogen-bond donors (Lipinski definition) is 0. The molecule has 1 aliphatic rings. The highest BCUT2D eigenvalue weighted by molar-refractivity contribution is 5.96. The maximum absolute atomic E-state index is 12.8. The van der Waals surface area contributed by atoms with Gasteiger partial charge in [0.15, 0.2) is 0 Å². The van der Waals surface area contributed by atoms with Gasteiger partial charge in [-0.2, -0.15) is 0 Å². The van der Waals surface area contributed by atoms with Crippen LogP contribution in [0, 0.1) is 0 Å². The van der Waals surface area contributed by atoms with Crippen LogP contribution in [-0.2, 0) is 0 Å². The Morgan fingerprint density at radius 1 is 0.704 bits per heavy atom. The molecule has 6 nitrogen and oxygen atoms in total. The van der Waals surface area contributed by atoms with Gasteiger partial charge in [0.05, 0.1) is 0 Å². The smallest absolute Gasteiger partial charge is 0.254 e. The van der Waals surface area contributed by atoms with Crippen LogP contribution in [0.4, 0.5) is 0 Å². The van der Waals surface area contributed by atoms with Crippen LogP contribution in [0.15, 0.2) is 73.3 Å². The summed E-state index contributed by atoms with van der Waals surface area (Å²) in [4.78, 5) is 32.8. The van der Waals surface area contributed by atoms with Gasteiger partial charge in [0.1, 0.15) is 0 Å². The maximum atomic E-state index is 12.8. The van der Waals surface area contributed by atoms with E-state index < -0.39 is 0 Å². The SMILES string of the molecule is O=C(c1ccncc1)N1CCN(C(=O)c2ccc(-n3cccc3)cc2)CC1. The molecule has 2 amide bonds. The van der Waals surface area contributed by atoms with Crippen LogP contribution < -0.4 is 0 Å². The summed E-state index contributed by atoms with van der Waals surface area (Å²) in [5.74, 6) is -0.00867. The Morgan fingerprint density at radius 3 is 1.70 bits per heavy atom. The summed E-state index contributed by atoms with van der Waals surface area (Å²) >= 11 is 0. The quantitative estimate of drug-likeness (QED) is 0.721. The van der Waals surface area contributed by atoms with Crippen molar-refractivity contribution in [2.45, 2.75) is 0 Å². The van der Waals surface area contributed by atoms with E-state index in [1.165, 1.54) is 0 Å². The number of aromatic nitrogens is 2. The number of carbonyl (C=O) groups is 2. The molecule has 0 unspecified atom stereocenters. The normalized spacial score (nSPS) is 14.2. The van der Waals surface area contributed by atoms with Crippen molar-refractivity contribution in [2.24, 2.45) is 0 Å². The van der Waals surface area contributed by atoms with Crippen molar-refractivity contribution in [1.29, 1.82) is 0 Å². The Morgan fingerprint density at radius 2 is 1.19 bits per heavy atom. The molecule has 0 radical (unpaired) electrons. The minimum Gasteiger partial charge on any atom is -0.335 e. The van der Waals surface area contributed by atoms with Gasteiger partial charge in [0.25, 0.3) is 11.8 Å². The summed E-state index contributed by atoms with van der Waals surface area (Å²) in [6.07, 6.45) is 7.17. The second-order valence-corrected chi connectivity index (χ2v) is 6.46. The van der Waals surface area contributed by atoms with E-state index >= 15 is 0 Å². The van der Waals surface area contributed by atoms with Crippen molar-refractivity contribution in [2.75, 3.05) is 26.2 Å². The van der Waals surface area contributed by atoms with E-state index in [4.69, 9.17) is 0 Å². The van der Waals surface area contributed by atoms with Crippen LogP contribution in [0.1, 0.15) is 20.7 Å². The molecule has 0 aliphatic carbocycles. The summed E-state index contributed by atoms with van der Waals surface area (Å²) in [7, 11) is 0. The number of nitrogens with zero attached hydrogens (tertiary/aromatic N) is 4. The number of carbonyl (C=O) groups excluding carboxylic acids is 2. The molecule has 1 fully saturated rings. The predicted octanol–water partition coefficient (Wildman–Crippen LogP) is 2.47. The Bertz CT molecular complexity index is 913. The van der Waals surface area contributed by atoms with Crippen LogP contribution >= 0.6 is 0 Å². The van der Waals surface area contributed by atoms with E-state index in [2.05, 4.69) is 4.98 Å². The number of benzene rings is 1. The van der Waals surface area contributed by atoms with Crippen molar-refractivity contribution < 1.29 is 9.59 Å². The van der Waals surface area contributed by atoms with E-state index in [9.17, 15) is 9.59 Å². The van der Waals surface area contributed by atoms with E-state index in [-0.39, 0.29) is 11.8 Å². The molecular weight excluding hydrogens is 340 g/mol. The van der Waals surface area contributed by atoms with Crippen molar-refractivity contribution in [1.82, 2.24) is 19.4 Å². The lowest BCUT2D eigenvalue weighted by Crippen LogP contribution is -2.50. The zero-order valence-corrected chi connectivity index (χ0v) is 14.9. The monoisotopic (exact) mass is 360 g/mol. The molecule has 0 spiro atoms. The summed E-state index contributed by atoms with van der Waals surface area (Å²) in [6.45, 7) is 2.15. The molecule has 0 atom stereocenters. The van der Waals surface area contributed by atoms with Gasteiger partial charge in [-0.05, 0) is 48.5 Å². The Kier molecular flexibility index (Phi) is 4.70. The highest BCUT2D eigenvalue weighted by Crippen LogP contribution is 2.14. The average Bonchev–Trinajstić information content (AvgIpc) is 3.28. The zero-order chi connectivity index (χ0) is 18.6. The molecule has 3 aromatic rings. The van der Waals surface area contributed by atoms with Crippen LogP contribution in [0.25, 0.3) is 5.69 Å². The van der Waals surface area contributed by atoms with Gasteiger partial charge in [0.2, 0.25) is 0 Å². The molecule has 1 saturated heterocycles. The van der Waals surface area contributed by atoms with Gasteiger partial charge >= 0.3 is 0 Å². The summed E-state index contributed by atoms with van der Waals surface area (Å²) in [5.41, 5.74) is 2.31. The molecule has 3 heterocycles. The largest absolute Gasteiger partial charge is 0.335 e. The lowest BCUT2D eigenvalue weighted by atomic mass is 10.1. The molecule has 6 heteroatoms. The van der Waals surface area contributed by atoms with E-state index in [1.54, 1.807) is 34.3 Å². The van der Waals surface area contributed by atoms with Crippen LogP contribution in [0.2, 0.25) is 0 Å². The minimum atomic E-state index is -0.0134. The fourth-order valence-electron chi connectivity index (χ4n) is 3.26. The van der Waals surface area contributed by atoms with Gasteiger partial charge in [-0.3, -0.25) is 14.6 Å². The fourth-order valence-corrected chi connectivity index (χ4v) is 3.26. The number of piperazine rings is 1. The van der Waals surface area contributed by atoms with Crippen LogP contribution in [-0.4, -0.2) is 57.3 Å². The average molecular weight is 360 g/mol. The van der Waals surface area contributed by atoms with Crippen molar-refractivity contribution in [3.8, 4) is 5.69 Å². The molecule has 0 bridgehead atoms. The Hall–Kier alpha value is -3.41. The topological polar surface area (TPSA) is 58.4 Å². The van der Waals surface area contributed by atoms with Gasteiger partial charge in [0, 0.05) is 67.8 Å². The summed E-state index contributed by atoms with van der Waals surface area (Å²) in [6, 6.07) is 14.9. The standard InChI is InChI=1S/C21H20N4O2/c26-20(17-3-5-19(6-4-17)23-11-1-2-12-23)24-13-15-25(16-14-24)21(27)18-7-9-22-10-8-18/h1-12H,13-16H2. The Balaban J connectivity index is 1.38.